The molecule has 5 heteroatoms. The maximum absolute atomic E-state index is 12.8. The molecule has 1 aliphatic rings. The van der Waals surface area contributed by atoms with Crippen molar-refractivity contribution >= 4 is 6.09 Å². The molecule has 1 N–H and O–H groups in total. The van der Waals surface area contributed by atoms with E-state index >= 15 is 0 Å². The zero-order valence-electron chi connectivity index (χ0n) is 16.6. The van der Waals surface area contributed by atoms with Crippen molar-refractivity contribution in [2.24, 2.45) is 5.92 Å². The van der Waals surface area contributed by atoms with E-state index in [4.69, 9.17) is 4.74 Å². The third-order valence-electron chi connectivity index (χ3n) is 4.92. The highest BCUT2D eigenvalue weighted by Crippen LogP contribution is 2.37. The summed E-state index contributed by atoms with van der Waals surface area (Å²) < 4.78 is 5.55. The molecule has 5 nitrogen and oxygen atoms in total. The number of piperidine rings is 1. The molecule has 0 saturated carbocycles. The summed E-state index contributed by atoms with van der Waals surface area (Å²) >= 11 is 0. The molecule has 142 valence electrons. The van der Waals surface area contributed by atoms with Gasteiger partial charge in [-0.05, 0) is 58.6 Å². The Bertz CT molecular complexity index is 669. The quantitative estimate of drug-likeness (QED) is 0.871. The van der Waals surface area contributed by atoms with Crippen LogP contribution in [-0.2, 0) is 10.4 Å². The van der Waals surface area contributed by atoms with Gasteiger partial charge in [-0.25, -0.2) is 4.79 Å². The first-order chi connectivity index (χ1) is 12.2. The highest BCUT2D eigenvalue weighted by Gasteiger charge is 2.47. The molecule has 0 radical (unpaired) electrons. The van der Waals surface area contributed by atoms with Gasteiger partial charge in [0.1, 0.15) is 11.3 Å². The van der Waals surface area contributed by atoms with Gasteiger partial charge in [-0.2, -0.15) is 5.26 Å². The fourth-order valence-electron chi connectivity index (χ4n) is 3.73. The van der Waals surface area contributed by atoms with Gasteiger partial charge in [0.05, 0.1) is 12.0 Å². The van der Waals surface area contributed by atoms with Gasteiger partial charge in [0.15, 0.2) is 0 Å². The number of carbonyl (C=O) groups is 1. The number of nitriles is 1. The Hall–Kier alpha value is -2.06. The van der Waals surface area contributed by atoms with E-state index in [0.717, 1.165) is 37.1 Å². The molecule has 1 heterocycles. The molecule has 0 aliphatic carbocycles. The average molecular weight is 357 g/mol. The van der Waals surface area contributed by atoms with Crippen LogP contribution in [0.4, 0.5) is 4.79 Å². The number of benzene rings is 1. The van der Waals surface area contributed by atoms with Crippen molar-refractivity contribution in [1.29, 1.82) is 5.26 Å². The molecule has 2 atom stereocenters. The van der Waals surface area contributed by atoms with Crippen molar-refractivity contribution in [1.82, 2.24) is 10.2 Å². The van der Waals surface area contributed by atoms with Crippen LogP contribution in [0.1, 0.15) is 58.1 Å². The summed E-state index contributed by atoms with van der Waals surface area (Å²) in [7, 11) is 0. The second kappa shape index (κ2) is 8.09. The van der Waals surface area contributed by atoms with Crippen molar-refractivity contribution in [3.8, 4) is 6.07 Å². The molecule has 1 aromatic carbocycles. The third-order valence-corrected chi connectivity index (χ3v) is 4.92. The molecular formula is C21H31N3O2. The Balaban J connectivity index is 2.55. The second-order valence-corrected chi connectivity index (χ2v) is 8.11. The summed E-state index contributed by atoms with van der Waals surface area (Å²) in [6.45, 7) is 11.1. The van der Waals surface area contributed by atoms with Crippen LogP contribution in [0.5, 0.6) is 0 Å². The summed E-state index contributed by atoms with van der Waals surface area (Å²) in [4.78, 5) is 15.0. The molecular weight excluding hydrogens is 326 g/mol. The first kappa shape index (κ1) is 20.3. The van der Waals surface area contributed by atoms with E-state index in [-0.39, 0.29) is 0 Å². The number of rotatable bonds is 4. The highest BCUT2D eigenvalue weighted by molar-refractivity contribution is 5.69. The summed E-state index contributed by atoms with van der Waals surface area (Å²) in [5.41, 5.74) is 0.514. The Morgan fingerprint density at radius 3 is 2.38 bits per heavy atom. The lowest BCUT2D eigenvalue weighted by Gasteiger charge is -2.48. The standard InChI is InChI=1S/C21H31N3O2/c1-16-11-7-8-12-18(16)21(17(2)15-22,24-13-9-6-10-14-24)23-19(25)26-20(3,4)5/h7-8,11-12,17H,6,9-10,13-14H2,1-5H3,(H,23,25). The normalized spacial score (nSPS) is 19.1. The average Bonchev–Trinajstić information content (AvgIpc) is 2.59. The number of likely N-dealkylation sites (tertiary alicyclic amines) is 1. The molecule has 2 unspecified atom stereocenters. The van der Waals surface area contributed by atoms with E-state index in [2.05, 4.69) is 16.3 Å². The SMILES string of the molecule is Cc1ccccc1C(NC(=O)OC(C)(C)C)(C(C)C#N)N1CCCCC1. The number of amides is 1. The summed E-state index contributed by atoms with van der Waals surface area (Å²) in [6.07, 6.45) is 2.80. The van der Waals surface area contributed by atoms with Crippen LogP contribution in [0.3, 0.4) is 0 Å². The van der Waals surface area contributed by atoms with Gasteiger partial charge in [0, 0.05) is 13.1 Å². The second-order valence-electron chi connectivity index (χ2n) is 8.11. The summed E-state index contributed by atoms with van der Waals surface area (Å²) in [6, 6.07) is 10.4. The van der Waals surface area contributed by atoms with E-state index in [1.807, 2.05) is 58.9 Å². The summed E-state index contributed by atoms with van der Waals surface area (Å²) in [5, 5.41) is 12.9. The van der Waals surface area contributed by atoms with Crippen LogP contribution in [0.25, 0.3) is 0 Å². The smallest absolute Gasteiger partial charge is 0.409 e. The number of nitrogens with one attached hydrogen (secondary N) is 1. The maximum atomic E-state index is 12.8. The number of ether oxygens (including phenoxy) is 1. The summed E-state index contributed by atoms with van der Waals surface area (Å²) in [5.74, 6) is -0.436. The molecule has 2 rings (SSSR count). The Morgan fingerprint density at radius 2 is 1.85 bits per heavy atom. The number of hydrogen-bond acceptors (Lipinski definition) is 4. The zero-order chi connectivity index (χ0) is 19.4. The van der Waals surface area contributed by atoms with Gasteiger partial charge in [-0.1, -0.05) is 30.7 Å². The van der Waals surface area contributed by atoms with E-state index in [0.29, 0.717) is 0 Å². The van der Waals surface area contributed by atoms with Crippen molar-refractivity contribution < 1.29 is 9.53 Å². The third kappa shape index (κ3) is 4.37. The molecule has 1 aliphatic heterocycles. The van der Waals surface area contributed by atoms with Crippen LogP contribution in [0, 0.1) is 24.2 Å². The van der Waals surface area contributed by atoms with Gasteiger partial charge in [0.2, 0.25) is 0 Å². The molecule has 1 fully saturated rings. The van der Waals surface area contributed by atoms with Crippen LogP contribution in [0.2, 0.25) is 0 Å². The van der Waals surface area contributed by atoms with Gasteiger partial charge in [-0.3, -0.25) is 10.2 Å². The minimum Gasteiger partial charge on any atom is -0.444 e. The van der Waals surface area contributed by atoms with Crippen LogP contribution in [-0.4, -0.2) is 29.7 Å². The van der Waals surface area contributed by atoms with Crippen molar-refractivity contribution in [3.05, 3.63) is 35.4 Å². The number of hydrogen-bond donors (Lipinski definition) is 1. The lowest BCUT2D eigenvalue weighted by Crippen LogP contribution is -2.63. The van der Waals surface area contributed by atoms with Gasteiger partial charge >= 0.3 is 6.09 Å². The number of alkyl carbamates (subject to hydrolysis) is 1. The molecule has 26 heavy (non-hydrogen) atoms. The minimum absolute atomic E-state index is 0.436. The molecule has 0 aromatic heterocycles. The van der Waals surface area contributed by atoms with E-state index in [1.54, 1.807) is 0 Å². The van der Waals surface area contributed by atoms with Gasteiger partial charge in [0.25, 0.3) is 0 Å². The Labute approximate surface area is 157 Å². The predicted octanol–water partition coefficient (Wildman–Crippen LogP) is 4.32. The first-order valence-corrected chi connectivity index (χ1v) is 9.42. The van der Waals surface area contributed by atoms with Crippen molar-refractivity contribution in [2.75, 3.05) is 13.1 Å². The monoisotopic (exact) mass is 357 g/mol. The Morgan fingerprint density at radius 1 is 1.23 bits per heavy atom. The van der Waals surface area contributed by atoms with E-state index < -0.39 is 23.3 Å². The fourth-order valence-corrected chi connectivity index (χ4v) is 3.73. The number of carbonyl (C=O) groups excluding carboxylic acids is 1. The lowest BCUT2D eigenvalue weighted by molar-refractivity contribution is -0.0132. The maximum Gasteiger partial charge on any atom is 0.409 e. The molecule has 1 amide bonds. The minimum atomic E-state index is -0.900. The topological polar surface area (TPSA) is 65.4 Å². The number of nitrogens with zero attached hydrogens (tertiary/aromatic N) is 2. The van der Waals surface area contributed by atoms with Crippen LogP contribution >= 0.6 is 0 Å². The van der Waals surface area contributed by atoms with Gasteiger partial charge in [-0.15, -0.1) is 0 Å². The molecule has 0 bridgehead atoms. The molecule has 1 aromatic rings. The van der Waals surface area contributed by atoms with E-state index in [9.17, 15) is 10.1 Å². The lowest BCUT2D eigenvalue weighted by atomic mass is 9.82. The Kier molecular flexibility index (Phi) is 6.30. The van der Waals surface area contributed by atoms with Gasteiger partial charge < -0.3 is 4.74 Å². The zero-order valence-corrected chi connectivity index (χ0v) is 16.6. The van der Waals surface area contributed by atoms with Crippen molar-refractivity contribution in [2.45, 2.75) is 65.1 Å². The molecule has 1 saturated heterocycles. The molecule has 0 spiro atoms. The van der Waals surface area contributed by atoms with E-state index in [1.165, 1.54) is 6.42 Å². The van der Waals surface area contributed by atoms with Crippen LogP contribution < -0.4 is 5.32 Å². The largest absolute Gasteiger partial charge is 0.444 e. The van der Waals surface area contributed by atoms with Crippen LogP contribution in [0.15, 0.2) is 24.3 Å². The number of aryl methyl sites for hydroxylation is 1. The first-order valence-electron chi connectivity index (χ1n) is 9.42. The fraction of sp³-hybridized carbons (Fsp3) is 0.619. The van der Waals surface area contributed by atoms with Crippen molar-refractivity contribution in [3.63, 3.8) is 0 Å². The highest BCUT2D eigenvalue weighted by atomic mass is 16.6. The predicted molar refractivity (Wildman–Crippen MR) is 102 cm³/mol.